The van der Waals surface area contributed by atoms with Crippen molar-refractivity contribution in [1.82, 2.24) is 15.2 Å². The van der Waals surface area contributed by atoms with E-state index in [0.717, 1.165) is 0 Å². The molecule has 0 spiro atoms. The zero-order valence-electron chi connectivity index (χ0n) is 8.82. The number of aromatic nitrogens is 3. The Hall–Kier alpha value is -1.62. The van der Waals surface area contributed by atoms with Crippen molar-refractivity contribution in [3.8, 4) is 0 Å². The summed E-state index contributed by atoms with van der Waals surface area (Å²) in [5.41, 5.74) is 0.848. The van der Waals surface area contributed by atoms with E-state index < -0.39 is 5.97 Å². The molecule has 84 valence electrons. The molecule has 5 nitrogen and oxygen atoms in total. The molecule has 0 unspecified atom stereocenters. The van der Waals surface area contributed by atoms with E-state index in [2.05, 4.69) is 15.2 Å². The summed E-state index contributed by atoms with van der Waals surface area (Å²) in [6.45, 7) is 3.57. The zero-order valence-corrected chi connectivity index (χ0v) is 9.58. The summed E-state index contributed by atoms with van der Waals surface area (Å²) in [5.74, 6) is -0.425. The highest BCUT2D eigenvalue weighted by Crippen LogP contribution is 2.20. The second-order valence-corrected chi connectivity index (χ2v) is 3.97. The van der Waals surface area contributed by atoms with E-state index in [1.807, 2.05) is 0 Å². The fourth-order valence-corrected chi connectivity index (χ4v) is 1.54. The lowest BCUT2D eigenvalue weighted by atomic mass is 10.2. The predicted octanol–water partition coefficient (Wildman–Crippen LogP) is 2.18. The number of nitrogens with zero attached hydrogens (tertiary/aromatic N) is 2. The van der Waals surface area contributed by atoms with Crippen LogP contribution in [0.1, 0.15) is 24.2 Å². The predicted molar refractivity (Wildman–Crippen MR) is 59.5 cm³/mol. The van der Waals surface area contributed by atoms with E-state index in [1.165, 1.54) is 12.3 Å². The van der Waals surface area contributed by atoms with Gasteiger partial charge in [-0.05, 0) is 19.9 Å². The fourth-order valence-electron chi connectivity index (χ4n) is 1.34. The molecule has 1 N–H and O–H groups in total. The van der Waals surface area contributed by atoms with Crippen LogP contribution < -0.4 is 0 Å². The highest BCUT2D eigenvalue weighted by Gasteiger charge is 2.16. The van der Waals surface area contributed by atoms with Gasteiger partial charge in [0.25, 0.3) is 0 Å². The van der Waals surface area contributed by atoms with Crippen LogP contribution in [0.4, 0.5) is 0 Å². The number of rotatable bonds is 2. The summed E-state index contributed by atoms with van der Waals surface area (Å²) in [4.78, 5) is 15.8. The van der Waals surface area contributed by atoms with Gasteiger partial charge in [-0.3, -0.25) is 5.10 Å². The monoisotopic (exact) mass is 239 g/mol. The van der Waals surface area contributed by atoms with Gasteiger partial charge in [0.15, 0.2) is 5.65 Å². The molecule has 0 bridgehead atoms. The normalized spacial score (nSPS) is 11.0. The number of aromatic amines is 1. The Labute approximate surface area is 96.8 Å². The molecule has 0 saturated heterocycles. The van der Waals surface area contributed by atoms with E-state index in [4.69, 9.17) is 16.3 Å². The maximum atomic E-state index is 11.8. The van der Waals surface area contributed by atoms with Crippen molar-refractivity contribution < 1.29 is 9.53 Å². The smallest absolute Gasteiger partial charge is 0.339 e. The molecule has 6 heteroatoms. The van der Waals surface area contributed by atoms with Crippen molar-refractivity contribution in [2.24, 2.45) is 0 Å². The molecule has 0 aliphatic heterocycles. The Balaban J connectivity index is 2.50. The Kier molecular flexibility index (Phi) is 2.78. The molecule has 0 amide bonds. The highest BCUT2D eigenvalue weighted by atomic mass is 35.5. The standard InChI is InChI=1S/C10H10ClN3O2/c1-5(2)16-10(15)6-3-8(11)13-9-7(6)4-12-14-9/h3-5H,1-2H3,(H,12,13,14). The van der Waals surface area contributed by atoms with E-state index >= 15 is 0 Å². The molecule has 2 aromatic rings. The highest BCUT2D eigenvalue weighted by molar-refractivity contribution is 6.30. The third-order valence-corrected chi connectivity index (χ3v) is 2.15. The van der Waals surface area contributed by atoms with E-state index in [9.17, 15) is 4.79 Å². The van der Waals surface area contributed by atoms with Gasteiger partial charge in [-0.1, -0.05) is 11.6 Å². The maximum absolute atomic E-state index is 11.8. The number of nitrogens with one attached hydrogen (secondary N) is 1. The van der Waals surface area contributed by atoms with Gasteiger partial charge in [-0.2, -0.15) is 5.10 Å². The topological polar surface area (TPSA) is 67.9 Å². The van der Waals surface area contributed by atoms with E-state index in [0.29, 0.717) is 16.6 Å². The molecule has 2 rings (SSSR count). The van der Waals surface area contributed by atoms with Crippen molar-refractivity contribution in [3.05, 3.63) is 23.0 Å². The van der Waals surface area contributed by atoms with Crippen LogP contribution in [0.15, 0.2) is 12.3 Å². The summed E-state index contributed by atoms with van der Waals surface area (Å²) >= 11 is 5.79. The number of carbonyl (C=O) groups is 1. The second kappa shape index (κ2) is 4.09. The lowest BCUT2D eigenvalue weighted by Crippen LogP contribution is -2.12. The number of pyridine rings is 1. The van der Waals surface area contributed by atoms with Gasteiger partial charge in [-0.25, -0.2) is 9.78 Å². The molecule has 0 aliphatic carbocycles. The lowest BCUT2D eigenvalue weighted by molar-refractivity contribution is 0.0380. The van der Waals surface area contributed by atoms with Crippen molar-refractivity contribution in [1.29, 1.82) is 0 Å². The molecule has 2 aromatic heterocycles. The first-order valence-electron chi connectivity index (χ1n) is 4.78. The van der Waals surface area contributed by atoms with E-state index in [1.54, 1.807) is 13.8 Å². The molecule has 0 saturated carbocycles. The van der Waals surface area contributed by atoms with Crippen LogP contribution in [-0.2, 0) is 4.74 Å². The zero-order chi connectivity index (χ0) is 11.7. The number of carbonyl (C=O) groups excluding carboxylic acids is 1. The summed E-state index contributed by atoms with van der Waals surface area (Å²) in [6.07, 6.45) is 1.34. The molecule has 0 aliphatic rings. The largest absolute Gasteiger partial charge is 0.459 e. The van der Waals surface area contributed by atoms with Crippen molar-refractivity contribution >= 4 is 28.6 Å². The first-order valence-corrected chi connectivity index (χ1v) is 5.16. The quantitative estimate of drug-likeness (QED) is 0.644. The Bertz CT molecular complexity index is 536. The number of halogens is 1. The van der Waals surface area contributed by atoms with Crippen molar-refractivity contribution in [2.75, 3.05) is 0 Å². The van der Waals surface area contributed by atoms with Crippen molar-refractivity contribution in [3.63, 3.8) is 0 Å². The number of fused-ring (bicyclic) bond motifs is 1. The van der Waals surface area contributed by atoms with Gasteiger partial charge in [0.1, 0.15) is 5.15 Å². The van der Waals surface area contributed by atoms with Gasteiger partial charge in [0.2, 0.25) is 0 Å². The Morgan fingerprint density at radius 2 is 2.31 bits per heavy atom. The van der Waals surface area contributed by atoms with Crippen LogP contribution in [-0.4, -0.2) is 27.3 Å². The number of ether oxygens (including phenoxy) is 1. The SMILES string of the molecule is CC(C)OC(=O)c1cc(Cl)nc2[nH]ncc12. The summed E-state index contributed by atoms with van der Waals surface area (Å²) in [6, 6.07) is 1.48. The number of hydrogen-bond acceptors (Lipinski definition) is 4. The molecular weight excluding hydrogens is 230 g/mol. The molecular formula is C10H10ClN3O2. The molecule has 0 fully saturated rings. The minimum atomic E-state index is -0.425. The first kappa shape index (κ1) is 10.9. The van der Waals surface area contributed by atoms with Gasteiger partial charge >= 0.3 is 5.97 Å². The fraction of sp³-hybridized carbons (Fsp3) is 0.300. The van der Waals surface area contributed by atoms with Crippen LogP contribution in [0.25, 0.3) is 11.0 Å². The molecule has 16 heavy (non-hydrogen) atoms. The second-order valence-electron chi connectivity index (χ2n) is 3.58. The Morgan fingerprint density at radius 1 is 1.56 bits per heavy atom. The van der Waals surface area contributed by atoms with Gasteiger partial charge in [0.05, 0.1) is 23.3 Å². The van der Waals surface area contributed by atoms with E-state index in [-0.39, 0.29) is 11.3 Å². The first-order chi connectivity index (χ1) is 7.58. The van der Waals surface area contributed by atoms with Gasteiger partial charge in [0, 0.05) is 0 Å². The Morgan fingerprint density at radius 3 is 3.00 bits per heavy atom. The third kappa shape index (κ3) is 1.99. The summed E-state index contributed by atoms with van der Waals surface area (Å²) < 4.78 is 5.10. The average molecular weight is 240 g/mol. The van der Waals surface area contributed by atoms with Crippen LogP contribution in [0.2, 0.25) is 5.15 Å². The minimum absolute atomic E-state index is 0.179. The van der Waals surface area contributed by atoms with Crippen LogP contribution in [0.3, 0.4) is 0 Å². The third-order valence-electron chi connectivity index (χ3n) is 1.95. The number of H-pyrrole nitrogens is 1. The number of hydrogen-bond donors (Lipinski definition) is 1. The maximum Gasteiger partial charge on any atom is 0.339 e. The van der Waals surface area contributed by atoms with Crippen molar-refractivity contribution in [2.45, 2.75) is 20.0 Å². The van der Waals surface area contributed by atoms with Crippen LogP contribution >= 0.6 is 11.6 Å². The lowest BCUT2D eigenvalue weighted by Gasteiger charge is -2.08. The summed E-state index contributed by atoms with van der Waals surface area (Å²) in [5, 5.41) is 7.30. The minimum Gasteiger partial charge on any atom is -0.459 e. The number of esters is 1. The van der Waals surface area contributed by atoms with Crippen LogP contribution in [0.5, 0.6) is 0 Å². The van der Waals surface area contributed by atoms with Crippen LogP contribution in [0, 0.1) is 0 Å². The summed E-state index contributed by atoms with van der Waals surface area (Å²) in [7, 11) is 0. The molecule has 0 atom stereocenters. The molecule has 0 radical (unpaired) electrons. The average Bonchev–Trinajstić information content (AvgIpc) is 2.62. The molecule has 2 heterocycles. The van der Waals surface area contributed by atoms with Gasteiger partial charge in [-0.15, -0.1) is 0 Å². The van der Waals surface area contributed by atoms with Gasteiger partial charge < -0.3 is 4.74 Å². The molecule has 0 aromatic carbocycles.